The highest BCUT2D eigenvalue weighted by Crippen LogP contribution is 1.93. The predicted molar refractivity (Wildman–Crippen MR) is 67.2 cm³/mol. The van der Waals surface area contributed by atoms with Crippen molar-refractivity contribution in [3.8, 4) is 0 Å². The molecule has 6 nitrogen and oxygen atoms in total. The molecule has 0 spiro atoms. The van der Waals surface area contributed by atoms with Crippen molar-refractivity contribution in [3.05, 3.63) is 0 Å². The van der Waals surface area contributed by atoms with Gasteiger partial charge in [0, 0.05) is 52.4 Å². The highest BCUT2D eigenvalue weighted by atomic mass is 16.6. The fraction of sp³-hybridized carbons (Fsp3) is 0.909. The minimum atomic E-state index is -0.216. The molecule has 3 N–H and O–H groups in total. The molecular formula is C11H24N4O2. The van der Waals surface area contributed by atoms with E-state index in [1.54, 1.807) is 4.90 Å². The normalized spacial score (nSPS) is 20.2. The van der Waals surface area contributed by atoms with Crippen molar-refractivity contribution in [2.45, 2.75) is 6.92 Å². The average molecular weight is 244 g/mol. The summed E-state index contributed by atoms with van der Waals surface area (Å²) in [6.07, 6.45) is -0.216. The molecule has 0 unspecified atom stereocenters. The van der Waals surface area contributed by atoms with E-state index < -0.39 is 0 Å². The first-order valence-electron chi connectivity index (χ1n) is 6.38. The number of hydrogen-bond donors (Lipinski definition) is 3. The first-order chi connectivity index (χ1) is 8.34. The Morgan fingerprint density at radius 2 is 1.47 bits per heavy atom. The van der Waals surface area contributed by atoms with Crippen LogP contribution in [0.3, 0.4) is 0 Å². The maximum absolute atomic E-state index is 11.7. The molecule has 1 aliphatic heterocycles. The lowest BCUT2D eigenvalue weighted by Gasteiger charge is -2.23. The smallest absolute Gasteiger partial charge is 0.409 e. The molecule has 1 heterocycles. The zero-order valence-corrected chi connectivity index (χ0v) is 10.6. The molecule has 1 saturated heterocycles. The molecular weight excluding hydrogens is 220 g/mol. The molecule has 0 atom stereocenters. The molecule has 0 aromatic rings. The van der Waals surface area contributed by atoms with Crippen molar-refractivity contribution < 1.29 is 9.53 Å². The number of carbonyl (C=O) groups excluding carboxylic acids is 1. The molecule has 1 aliphatic rings. The van der Waals surface area contributed by atoms with Crippen LogP contribution >= 0.6 is 0 Å². The van der Waals surface area contributed by atoms with E-state index >= 15 is 0 Å². The molecule has 100 valence electrons. The van der Waals surface area contributed by atoms with Crippen molar-refractivity contribution in [1.82, 2.24) is 20.9 Å². The Bertz CT molecular complexity index is 202. The second-order valence-corrected chi connectivity index (χ2v) is 3.94. The second-order valence-electron chi connectivity index (χ2n) is 3.94. The summed E-state index contributed by atoms with van der Waals surface area (Å²) in [4.78, 5) is 13.4. The number of hydrogen-bond acceptors (Lipinski definition) is 5. The van der Waals surface area contributed by atoms with Gasteiger partial charge in [-0.2, -0.15) is 0 Å². The third-order valence-corrected chi connectivity index (χ3v) is 2.60. The standard InChI is InChI=1S/C11H24N4O2/c1-2-17-11(16)15-9-7-13-5-3-12-4-6-14-8-10-15/h12-14H,2-10H2,1H3. The van der Waals surface area contributed by atoms with Gasteiger partial charge in [0.2, 0.25) is 0 Å². The quantitative estimate of drug-likeness (QED) is 0.565. The van der Waals surface area contributed by atoms with Gasteiger partial charge in [0.25, 0.3) is 0 Å². The number of ether oxygens (including phenoxy) is 1. The summed E-state index contributed by atoms with van der Waals surface area (Å²) in [7, 11) is 0. The van der Waals surface area contributed by atoms with Crippen LogP contribution in [-0.2, 0) is 4.74 Å². The van der Waals surface area contributed by atoms with Crippen molar-refractivity contribution in [2.24, 2.45) is 0 Å². The van der Waals surface area contributed by atoms with Gasteiger partial charge in [-0.25, -0.2) is 4.79 Å². The summed E-state index contributed by atoms with van der Waals surface area (Å²) in [5.41, 5.74) is 0. The maximum atomic E-state index is 11.7. The molecule has 6 heteroatoms. The van der Waals surface area contributed by atoms with Gasteiger partial charge in [-0.05, 0) is 6.92 Å². The minimum Gasteiger partial charge on any atom is -0.450 e. The van der Waals surface area contributed by atoms with Crippen LogP contribution in [0.5, 0.6) is 0 Å². The minimum absolute atomic E-state index is 0.216. The first-order valence-corrected chi connectivity index (χ1v) is 6.38. The fourth-order valence-corrected chi connectivity index (χ4v) is 1.67. The summed E-state index contributed by atoms with van der Waals surface area (Å²) >= 11 is 0. The molecule has 1 rings (SSSR count). The Morgan fingerprint density at radius 3 is 1.94 bits per heavy atom. The highest BCUT2D eigenvalue weighted by molar-refractivity contribution is 5.67. The van der Waals surface area contributed by atoms with E-state index in [9.17, 15) is 4.79 Å². The van der Waals surface area contributed by atoms with Gasteiger partial charge in [-0.1, -0.05) is 0 Å². The number of nitrogens with zero attached hydrogens (tertiary/aromatic N) is 1. The molecule has 0 radical (unpaired) electrons. The molecule has 17 heavy (non-hydrogen) atoms. The van der Waals surface area contributed by atoms with E-state index in [2.05, 4.69) is 16.0 Å². The monoisotopic (exact) mass is 244 g/mol. The van der Waals surface area contributed by atoms with Crippen LogP contribution in [0.25, 0.3) is 0 Å². The molecule has 1 amide bonds. The molecule has 1 fully saturated rings. The SMILES string of the molecule is CCOC(=O)N1CCNCCNCCNCC1. The van der Waals surface area contributed by atoms with Crippen LogP contribution in [0.1, 0.15) is 6.92 Å². The van der Waals surface area contributed by atoms with Crippen LogP contribution in [0.2, 0.25) is 0 Å². The molecule has 0 saturated carbocycles. The largest absolute Gasteiger partial charge is 0.450 e. The number of nitrogens with one attached hydrogen (secondary N) is 3. The van der Waals surface area contributed by atoms with Gasteiger partial charge < -0.3 is 25.6 Å². The van der Waals surface area contributed by atoms with Crippen LogP contribution in [0.15, 0.2) is 0 Å². The summed E-state index contributed by atoms with van der Waals surface area (Å²) < 4.78 is 5.02. The van der Waals surface area contributed by atoms with E-state index in [1.165, 1.54) is 0 Å². The summed E-state index contributed by atoms with van der Waals surface area (Å²) in [5.74, 6) is 0. The Balaban J connectivity index is 2.34. The Labute approximate surface area is 103 Å². The summed E-state index contributed by atoms with van der Waals surface area (Å²) in [6, 6.07) is 0. The number of amides is 1. The third-order valence-electron chi connectivity index (χ3n) is 2.60. The van der Waals surface area contributed by atoms with Crippen molar-refractivity contribution in [2.75, 3.05) is 59.0 Å². The van der Waals surface area contributed by atoms with Gasteiger partial charge >= 0.3 is 6.09 Å². The van der Waals surface area contributed by atoms with Crippen LogP contribution in [-0.4, -0.2) is 70.0 Å². The topological polar surface area (TPSA) is 65.6 Å². The lowest BCUT2D eigenvalue weighted by molar-refractivity contribution is 0.107. The highest BCUT2D eigenvalue weighted by Gasteiger charge is 2.13. The molecule has 0 aromatic heterocycles. The van der Waals surface area contributed by atoms with E-state index in [0.717, 1.165) is 39.3 Å². The lowest BCUT2D eigenvalue weighted by Crippen LogP contribution is -2.44. The van der Waals surface area contributed by atoms with E-state index in [4.69, 9.17) is 4.74 Å². The van der Waals surface area contributed by atoms with Crippen LogP contribution < -0.4 is 16.0 Å². The Hall–Kier alpha value is -0.850. The Morgan fingerprint density at radius 1 is 1.00 bits per heavy atom. The summed E-state index contributed by atoms with van der Waals surface area (Å²) in [6.45, 7) is 9.04. The van der Waals surface area contributed by atoms with Gasteiger partial charge in [0.1, 0.15) is 0 Å². The van der Waals surface area contributed by atoms with E-state index in [-0.39, 0.29) is 6.09 Å². The van der Waals surface area contributed by atoms with E-state index in [1.807, 2.05) is 6.92 Å². The maximum Gasteiger partial charge on any atom is 0.409 e. The second kappa shape index (κ2) is 9.21. The van der Waals surface area contributed by atoms with E-state index in [0.29, 0.717) is 19.7 Å². The third kappa shape index (κ3) is 6.45. The lowest BCUT2D eigenvalue weighted by atomic mass is 10.4. The van der Waals surface area contributed by atoms with Gasteiger partial charge in [0.15, 0.2) is 0 Å². The first kappa shape index (κ1) is 14.2. The number of rotatable bonds is 1. The van der Waals surface area contributed by atoms with Crippen LogP contribution in [0, 0.1) is 0 Å². The molecule has 0 bridgehead atoms. The van der Waals surface area contributed by atoms with Gasteiger partial charge in [0.05, 0.1) is 6.61 Å². The van der Waals surface area contributed by atoms with Crippen molar-refractivity contribution in [1.29, 1.82) is 0 Å². The number of carbonyl (C=O) groups is 1. The van der Waals surface area contributed by atoms with Crippen molar-refractivity contribution >= 4 is 6.09 Å². The fourth-order valence-electron chi connectivity index (χ4n) is 1.67. The molecule has 0 aromatic carbocycles. The zero-order valence-electron chi connectivity index (χ0n) is 10.6. The van der Waals surface area contributed by atoms with Gasteiger partial charge in [-0.15, -0.1) is 0 Å². The van der Waals surface area contributed by atoms with Crippen molar-refractivity contribution in [3.63, 3.8) is 0 Å². The zero-order chi connectivity index (χ0) is 12.3. The summed E-state index contributed by atoms with van der Waals surface area (Å²) in [5, 5.41) is 9.92. The molecule has 0 aliphatic carbocycles. The van der Waals surface area contributed by atoms with Gasteiger partial charge in [-0.3, -0.25) is 0 Å². The van der Waals surface area contributed by atoms with Crippen LogP contribution in [0.4, 0.5) is 4.79 Å². The average Bonchev–Trinajstić information content (AvgIpc) is 2.30. The Kier molecular flexibility index (Phi) is 7.70. The predicted octanol–water partition coefficient (Wildman–Crippen LogP) is -0.773.